The van der Waals surface area contributed by atoms with E-state index in [-0.39, 0.29) is 6.61 Å². The van der Waals surface area contributed by atoms with Gasteiger partial charge >= 0.3 is 0 Å². The molecule has 2 unspecified atom stereocenters. The highest BCUT2D eigenvalue weighted by Gasteiger charge is 2.33. The van der Waals surface area contributed by atoms with Gasteiger partial charge in [-0.3, -0.25) is 0 Å². The maximum atomic E-state index is 9.54. The van der Waals surface area contributed by atoms with Crippen molar-refractivity contribution in [1.29, 1.82) is 0 Å². The maximum absolute atomic E-state index is 9.54. The fourth-order valence-electron chi connectivity index (χ4n) is 4.74. The fraction of sp³-hybridized carbons (Fsp3) is 0.739. The van der Waals surface area contributed by atoms with E-state index in [1.165, 1.54) is 36.8 Å². The average molecular weight is 360 g/mol. The van der Waals surface area contributed by atoms with Crippen LogP contribution in [0, 0.1) is 17.3 Å². The number of aliphatic hydroxyl groups excluding tert-OH is 1. The Bertz CT molecular complexity index is 609. The lowest BCUT2D eigenvalue weighted by atomic mass is 9.72. The molecular formula is C23H37NO2. The summed E-state index contributed by atoms with van der Waals surface area (Å²) in [6.07, 6.45) is 8.28. The molecule has 0 spiro atoms. The quantitative estimate of drug-likeness (QED) is 0.833. The van der Waals surface area contributed by atoms with E-state index >= 15 is 0 Å². The lowest BCUT2D eigenvalue weighted by molar-refractivity contribution is 0.0880. The Hall–Kier alpha value is -1.06. The number of benzene rings is 1. The van der Waals surface area contributed by atoms with Crippen molar-refractivity contribution < 1.29 is 9.84 Å². The molecule has 1 saturated carbocycles. The lowest BCUT2D eigenvalue weighted by Gasteiger charge is -2.37. The Morgan fingerprint density at radius 3 is 2.31 bits per heavy atom. The number of hydrogen-bond donors (Lipinski definition) is 2. The van der Waals surface area contributed by atoms with Gasteiger partial charge in [-0.2, -0.15) is 0 Å². The van der Waals surface area contributed by atoms with Gasteiger partial charge in [0.25, 0.3) is 0 Å². The Morgan fingerprint density at radius 2 is 1.69 bits per heavy atom. The zero-order valence-corrected chi connectivity index (χ0v) is 17.1. The molecule has 2 aliphatic carbocycles. The molecular weight excluding hydrogens is 322 g/mol. The van der Waals surface area contributed by atoms with Crippen LogP contribution in [0.1, 0.15) is 70.9 Å². The predicted octanol–water partition coefficient (Wildman–Crippen LogP) is 4.48. The number of fused-ring (bicyclic) bond motifs is 1. The van der Waals surface area contributed by atoms with Crippen molar-refractivity contribution in [3.63, 3.8) is 0 Å². The Balaban J connectivity index is 1.59. The first kappa shape index (κ1) is 19.7. The second kappa shape index (κ2) is 7.52. The van der Waals surface area contributed by atoms with Crippen LogP contribution in [-0.2, 0) is 12.8 Å². The van der Waals surface area contributed by atoms with Gasteiger partial charge < -0.3 is 15.6 Å². The zero-order valence-electron chi connectivity index (χ0n) is 17.1. The minimum absolute atomic E-state index is 0.0471. The largest absolute Gasteiger partial charge is 0.490 e. The van der Waals surface area contributed by atoms with Crippen LogP contribution in [0.3, 0.4) is 0 Å². The van der Waals surface area contributed by atoms with Gasteiger partial charge in [0.15, 0.2) is 0 Å². The van der Waals surface area contributed by atoms with Crippen LogP contribution in [-0.4, -0.2) is 23.4 Å². The number of nitrogens with two attached hydrogens (primary N) is 1. The Morgan fingerprint density at radius 1 is 1.00 bits per heavy atom. The van der Waals surface area contributed by atoms with Gasteiger partial charge in [-0.15, -0.1) is 0 Å². The summed E-state index contributed by atoms with van der Waals surface area (Å²) in [6.45, 7) is 9.09. The van der Waals surface area contributed by atoms with Crippen molar-refractivity contribution in [3.8, 4) is 5.75 Å². The van der Waals surface area contributed by atoms with Crippen LogP contribution < -0.4 is 10.5 Å². The van der Waals surface area contributed by atoms with Crippen molar-refractivity contribution >= 4 is 0 Å². The van der Waals surface area contributed by atoms with Gasteiger partial charge in [-0.25, -0.2) is 0 Å². The van der Waals surface area contributed by atoms with Crippen molar-refractivity contribution in [2.75, 3.05) is 6.61 Å². The number of aliphatic hydroxyl groups is 1. The van der Waals surface area contributed by atoms with E-state index in [2.05, 4.69) is 39.0 Å². The van der Waals surface area contributed by atoms with Crippen molar-refractivity contribution in [3.05, 3.63) is 29.3 Å². The molecule has 1 aromatic carbocycles. The highest BCUT2D eigenvalue weighted by Crippen LogP contribution is 2.39. The smallest absolute Gasteiger partial charge is 0.120 e. The molecule has 3 rings (SSSR count). The first-order valence-electron chi connectivity index (χ1n) is 10.4. The number of ether oxygens (including phenoxy) is 1. The maximum Gasteiger partial charge on any atom is 0.120 e. The van der Waals surface area contributed by atoms with E-state index in [1.807, 2.05) is 6.92 Å². The zero-order chi connectivity index (χ0) is 18.9. The van der Waals surface area contributed by atoms with Crippen molar-refractivity contribution in [1.82, 2.24) is 0 Å². The van der Waals surface area contributed by atoms with Gasteiger partial charge in [0, 0.05) is 5.54 Å². The van der Waals surface area contributed by atoms with E-state index in [0.29, 0.717) is 17.4 Å². The molecule has 0 amide bonds. The van der Waals surface area contributed by atoms with Crippen LogP contribution >= 0.6 is 0 Å². The highest BCUT2D eigenvalue weighted by atomic mass is 16.5. The summed E-state index contributed by atoms with van der Waals surface area (Å²) < 4.78 is 6.33. The topological polar surface area (TPSA) is 55.5 Å². The number of hydrogen-bond acceptors (Lipinski definition) is 3. The monoisotopic (exact) mass is 359 g/mol. The summed E-state index contributed by atoms with van der Waals surface area (Å²) in [5.74, 6) is 2.19. The van der Waals surface area contributed by atoms with E-state index < -0.39 is 5.54 Å². The molecule has 0 radical (unpaired) electrons. The normalized spacial score (nSPS) is 28.9. The molecule has 0 saturated heterocycles. The molecule has 3 N–H and O–H groups in total. The first-order chi connectivity index (χ1) is 12.2. The van der Waals surface area contributed by atoms with E-state index in [1.54, 1.807) is 0 Å². The molecule has 0 aromatic heterocycles. The number of rotatable bonds is 4. The fourth-order valence-corrected chi connectivity index (χ4v) is 4.74. The van der Waals surface area contributed by atoms with E-state index in [4.69, 9.17) is 10.5 Å². The molecule has 1 aromatic rings. The van der Waals surface area contributed by atoms with Gasteiger partial charge in [0.1, 0.15) is 5.75 Å². The van der Waals surface area contributed by atoms with Crippen LogP contribution in [0.5, 0.6) is 5.75 Å². The standard InChI is InChI=1S/C23H37NO2/c1-22(2,3)18-8-11-20(12-9-18)26-21-10-6-16-13-19(23(4,24)15-25)7-5-17(16)14-21/h6,10,14,18-20,25H,5,7-9,11-13,15,24H2,1-4H3. The summed E-state index contributed by atoms with van der Waals surface area (Å²) in [7, 11) is 0. The average Bonchev–Trinajstić information content (AvgIpc) is 2.61. The Labute approximate surface area is 159 Å². The van der Waals surface area contributed by atoms with Crippen molar-refractivity contribution in [2.24, 2.45) is 23.0 Å². The molecule has 2 aliphatic rings. The Kier molecular flexibility index (Phi) is 5.69. The summed E-state index contributed by atoms with van der Waals surface area (Å²) in [4.78, 5) is 0. The molecule has 1 fully saturated rings. The third-order valence-electron chi connectivity index (χ3n) is 6.88. The van der Waals surface area contributed by atoms with Crippen LogP contribution in [0.4, 0.5) is 0 Å². The second-order valence-corrected chi connectivity index (χ2v) is 9.99. The second-order valence-electron chi connectivity index (χ2n) is 9.99. The molecule has 0 bridgehead atoms. The minimum Gasteiger partial charge on any atom is -0.490 e. The minimum atomic E-state index is -0.488. The van der Waals surface area contributed by atoms with Gasteiger partial charge in [0.05, 0.1) is 12.7 Å². The van der Waals surface area contributed by atoms with Crippen molar-refractivity contribution in [2.45, 2.75) is 84.3 Å². The van der Waals surface area contributed by atoms with E-state index in [0.717, 1.165) is 30.9 Å². The molecule has 26 heavy (non-hydrogen) atoms. The molecule has 2 atom stereocenters. The molecule has 0 aliphatic heterocycles. The summed E-state index contributed by atoms with van der Waals surface area (Å²) in [6, 6.07) is 6.59. The van der Waals surface area contributed by atoms with Gasteiger partial charge in [0.2, 0.25) is 0 Å². The van der Waals surface area contributed by atoms with Crippen LogP contribution in [0.25, 0.3) is 0 Å². The highest BCUT2D eigenvalue weighted by molar-refractivity contribution is 5.38. The summed E-state index contributed by atoms with van der Waals surface area (Å²) >= 11 is 0. The number of aryl methyl sites for hydroxylation is 1. The van der Waals surface area contributed by atoms with Crippen LogP contribution in [0.2, 0.25) is 0 Å². The summed E-state index contributed by atoms with van der Waals surface area (Å²) in [5, 5.41) is 9.54. The van der Waals surface area contributed by atoms with Gasteiger partial charge in [-0.1, -0.05) is 26.8 Å². The first-order valence-corrected chi connectivity index (χ1v) is 10.4. The third-order valence-corrected chi connectivity index (χ3v) is 6.88. The van der Waals surface area contributed by atoms with Crippen LogP contribution in [0.15, 0.2) is 18.2 Å². The molecule has 146 valence electrons. The molecule has 3 nitrogen and oxygen atoms in total. The SMILES string of the molecule is CC(C)(C)C1CCC(Oc2ccc3c(c2)CCC(C(C)(N)CO)C3)CC1. The van der Waals surface area contributed by atoms with E-state index in [9.17, 15) is 5.11 Å². The molecule has 3 heteroatoms. The van der Waals surface area contributed by atoms with Gasteiger partial charge in [-0.05, 0) is 92.4 Å². The lowest BCUT2D eigenvalue weighted by Crippen LogP contribution is -2.49. The third kappa shape index (κ3) is 4.43. The summed E-state index contributed by atoms with van der Waals surface area (Å²) in [5.41, 5.74) is 8.97. The molecule has 0 heterocycles. The predicted molar refractivity (Wildman–Crippen MR) is 107 cm³/mol.